The van der Waals surface area contributed by atoms with Crippen LogP contribution in [0, 0.1) is 5.92 Å². The van der Waals surface area contributed by atoms with Crippen LogP contribution in [-0.2, 0) is 9.53 Å². The lowest BCUT2D eigenvalue weighted by Crippen LogP contribution is -2.51. The predicted octanol–water partition coefficient (Wildman–Crippen LogP) is 1.07. The number of rotatable bonds is 7. The second kappa shape index (κ2) is 10.4. The number of morpholine rings is 1. The summed E-state index contributed by atoms with van der Waals surface area (Å²) >= 11 is 0. The molecule has 1 heterocycles. The van der Waals surface area contributed by atoms with Crippen LogP contribution < -0.4 is 16.0 Å². The van der Waals surface area contributed by atoms with E-state index in [4.69, 9.17) is 4.74 Å². The zero-order valence-electron chi connectivity index (χ0n) is 13.0. The van der Waals surface area contributed by atoms with Crippen LogP contribution in [0.5, 0.6) is 0 Å². The van der Waals surface area contributed by atoms with Gasteiger partial charge in [0.1, 0.15) is 0 Å². The van der Waals surface area contributed by atoms with E-state index >= 15 is 0 Å². The van der Waals surface area contributed by atoms with Gasteiger partial charge in [0.25, 0.3) is 0 Å². The fourth-order valence-electron chi connectivity index (χ4n) is 3.31. The molecule has 3 atom stereocenters. The predicted molar refractivity (Wildman–Crippen MR) is 86.9 cm³/mol. The lowest BCUT2D eigenvalue weighted by molar-refractivity contribution is -0.121. The quantitative estimate of drug-likeness (QED) is 0.657. The average molecular weight is 320 g/mol. The Bertz CT molecular complexity index is 299. The first kappa shape index (κ1) is 18.7. The summed E-state index contributed by atoms with van der Waals surface area (Å²) in [6.07, 6.45) is 5.34. The van der Waals surface area contributed by atoms with Gasteiger partial charge in [-0.25, -0.2) is 0 Å². The molecule has 1 saturated heterocycles. The molecule has 0 radical (unpaired) electrons. The van der Waals surface area contributed by atoms with E-state index in [-0.39, 0.29) is 18.3 Å². The van der Waals surface area contributed by atoms with Gasteiger partial charge in [0.2, 0.25) is 5.91 Å². The van der Waals surface area contributed by atoms with E-state index in [1.807, 2.05) is 0 Å². The van der Waals surface area contributed by atoms with Crippen LogP contribution in [0.2, 0.25) is 0 Å². The Hall–Kier alpha value is -0.360. The molecule has 1 aliphatic heterocycles. The lowest BCUT2D eigenvalue weighted by Gasteiger charge is -2.33. The van der Waals surface area contributed by atoms with Crippen molar-refractivity contribution in [3.63, 3.8) is 0 Å². The number of nitrogens with one attached hydrogen (secondary N) is 3. The largest absolute Gasteiger partial charge is 0.379 e. The second-order valence-corrected chi connectivity index (χ2v) is 5.89. The zero-order chi connectivity index (χ0) is 14.2. The van der Waals surface area contributed by atoms with Crippen LogP contribution in [0.15, 0.2) is 0 Å². The summed E-state index contributed by atoms with van der Waals surface area (Å²) in [5, 5.41) is 10.1. The van der Waals surface area contributed by atoms with Crippen LogP contribution in [0.3, 0.4) is 0 Å². The Morgan fingerprint density at radius 2 is 2.19 bits per heavy atom. The third kappa shape index (κ3) is 6.10. The summed E-state index contributed by atoms with van der Waals surface area (Å²) in [6.45, 7) is 6.27. The van der Waals surface area contributed by atoms with Crippen LogP contribution in [0.4, 0.5) is 0 Å². The smallest absolute Gasteiger partial charge is 0.221 e. The van der Waals surface area contributed by atoms with Crippen LogP contribution in [0.25, 0.3) is 0 Å². The minimum absolute atomic E-state index is 0. The molecule has 21 heavy (non-hydrogen) atoms. The van der Waals surface area contributed by atoms with Gasteiger partial charge >= 0.3 is 0 Å². The van der Waals surface area contributed by atoms with Crippen LogP contribution >= 0.6 is 12.4 Å². The highest BCUT2D eigenvalue weighted by atomic mass is 35.5. The first-order chi connectivity index (χ1) is 9.81. The van der Waals surface area contributed by atoms with Gasteiger partial charge in [-0.05, 0) is 25.2 Å². The minimum Gasteiger partial charge on any atom is -0.379 e. The fraction of sp³-hybridized carbons (Fsp3) is 0.933. The Kier molecular flexibility index (Phi) is 9.24. The first-order valence-electron chi connectivity index (χ1n) is 8.12. The summed E-state index contributed by atoms with van der Waals surface area (Å²) in [5.74, 6) is 0.807. The van der Waals surface area contributed by atoms with Crippen molar-refractivity contribution in [1.29, 1.82) is 0 Å². The van der Waals surface area contributed by atoms with Crippen molar-refractivity contribution in [3.8, 4) is 0 Å². The molecule has 1 aliphatic carbocycles. The van der Waals surface area contributed by atoms with E-state index in [2.05, 4.69) is 22.9 Å². The van der Waals surface area contributed by atoms with Crippen molar-refractivity contribution in [1.82, 2.24) is 16.0 Å². The van der Waals surface area contributed by atoms with E-state index in [9.17, 15) is 4.79 Å². The fourth-order valence-corrected chi connectivity index (χ4v) is 3.31. The third-order valence-corrected chi connectivity index (χ3v) is 4.37. The number of halogens is 1. The molecule has 1 saturated carbocycles. The highest BCUT2D eigenvalue weighted by Crippen LogP contribution is 2.29. The van der Waals surface area contributed by atoms with Crippen LogP contribution in [0.1, 0.15) is 39.0 Å². The molecule has 124 valence electrons. The highest BCUT2D eigenvalue weighted by molar-refractivity contribution is 5.85. The summed E-state index contributed by atoms with van der Waals surface area (Å²) in [6, 6.07) is 1.02. The van der Waals surface area contributed by atoms with Crippen molar-refractivity contribution in [2.45, 2.75) is 51.1 Å². The lowest BCUT2D eigenvalue weighted by atomic mass is 9.94. The van der Waals surface area contributed by atoms with Crippen LogP contribution in [-0.4, -0.2) is 50.8 Å². The summed E-state index contributed by atoms with van der Waals surface area (Å²) in [7, 11) is 0. The first-order valence-corrected chi connectivity index (χ1v) is 8.12. The zero-order valence-corrected chi connectivity index (χ0v) is 13.8. The molecular formula is C15H30ClN3O2. The van der Waals surface area contributed by atoms with Crippen molar-refractivity contribution < 1.29 is 9.53 Å². The topological polar surface area (TPSA) is 62.4 Å². The molecule has 1 amide bonds. The summed E-state index contributed by atoms with van der Waals surface area (Å²) in [4.78, 5) is 11.6. The Labute approximate surface area is 134 Å². The molecule has 0 bridgehead atoms. The molecule has 0 aromatic heterocycles. The van der Waals surface area contributed by atoms with Gasteiger partial charge in [-0.3, -0.25) is 4.79 Å². The van der Waals surface area contributed by atoms with Gasteiger partial charge in [0, 0.05) is 38.1 Å². The minimum atomic E-state index is 0. The monoisotopic (exact) mass is 319 g/mol. The van der Waals surface area contributed by atoms with Gasteiger partial charge in [-0.1, -0.05) is 13.3 Å². The van der Waals surface area contributed by atoms with Crippen molar-refractivity contribution in [2.24, 2.45) is 5.92 Å². The van der Waals surface area contributed by atoms with Gasteiger partial charge in [-0.2, -0.15) is 0 Å². The van der Waals surface area contributed by atoms with Crippen molar-refractivity contribution in [2.75, 3.05) is 32.8 Å². The Morgan fingerprint density at radius 3 is 2.90 bits per heavy atom. The number of hydrogen-bond donors (Lipinski definition) is 3. The normalized spacial score (nSPS) is 28.9. The SMILES string of the molecule is CCCNC(=O)CCNC1CCCC1C1COCCN1.Cl. The maximum Gasteiger partial charge on any atom is 0.221 e. The second-order valence-electron chi connectivity index (χ2n) is 5.89. The Morgan fingerprint density at radius 1 is 1.33 bits per heavy atom. The summed E-state index contributed by atoms with van der Waals surface area (Å²) in [5.41, 5.74) is 0. The van der Waals surface area contributed by atoms with Gasteiger partial charge < -0.3 is 20.7 Å². The number of carbonyl (C=O) groups excluding carboxylic acids is 1. The van der Waals surface area contributed by atoms with Gasteiger partial charge in [0.05, 0.1) is 13.2 Å². The number of amides is 1. The number of carbonyl (C=O) groups is 1. The van der Waals surface area contributed by atoms with Gasteiger partial charge in [0.15, 0.2) is 0 Å². The average Bonchev–Trinajstić information content (AvgIpc) is 2.94. The van der Waals surface area contributed by atoms with E-state index in [1.54, 1.807) is 0 Å². The van der Waals surface area contributed by atoms with Crippen molar-refractivity contribution in [3.05, 3.63) is 0 Å². The molecule has 2 fully saturated rings. The van der Waals surface area contributed by atoms with E-state index in [0.717, 1.165) is 39.3 Å². The molecular weight excluding hydrogens is 290 g/mol. The molecule has 3 unspecified atom stereocenters. The molecule has 2 rings (SSSR count). The molecule has 0 aromatic rings. The maximum absolute atomic E-state index is 11.6. The maximum atomic E-state index is 11.6. The number of hydrogen-bond acceptors (Lipinski definition) is 4. The summed E-state index contributed by atoms with van der Waals surface area (Å²) < 4.78 is 5.58. The van der Waals surface area contributed by atoms with Crippen molar-refractivity contribution >= 4 is 18.3 Å². The van der Waals surface area contributed by atoms with E-state index < -0.39 is 0 Å². The van der Waals surface area contributed by atoms with E-state index in [0.29, 0.717) is 24.4 Å². The molecule has 6 heteroatoms. The third-order valence-electron chi connectivity index (χ3n) is 4.37. The molecule has 5 nitrogen and oxygen atoms in total. The number of ether oxygens (including phenoxy) is 1. The Balaban J connectivity index is 0.00000220. The molecule has 0 spiro atoms. The molecule has 2 aliphatic rings. The van der Waals surface area contributed by atoms with Gasteiger partial charge in [-0.15, -0.1) is 12.4 Å². The molecule has 0 aromatic carbocycles. The van der Waals surface area contributed by atoms with E-state index in [1.165, 1.54) is 19.3 Å². The molecule has 3 N–H and O–H groups in total. The highest BCUT2D eigenvalue weighted by Gasteiger charge is 2.34. The standard InChI is InChI=1S/C15H29N3O2.ClH/c1-2-7-18-15(19)6-8-16-13-5-3-4-12(13)14-11-20-10-9-17-14;/h12-14,16-17H,2-11H2,1H3,(H,18,19);1H.